The van der Waals surface area contributed by atoms with Crippen LogP contribution in [-0.4, -0.2) is 28.4 Å². The maximum Gasteiger partial charge on any atom is 0.318 e. The van der Waals surface area contributed by atoms with E-state index in [-0.39, 0.29) is 18.1 Å². The summed E-state index contributed by atoms with van der Waals surface area (Å²) in [6.45, 7) is 2.67. The summed E-state index contributed by atoms with van der Waals surface area (Å²) in [5, 5.41) is 7.20. The summed E-state index contributed by atoms with van der Waals surface area (Å²) < 4.78 is 5.40. The fraction of sp³-hybridized carbons (Fsp3) is 0.444. The van der Waals surface area contributed by atoms with Crippen molar-refractivity contribution in [2.24, 2.45) is 0 Å². The molecule has 1 aromatic heterocycles. The highest BCUT2D eigenvalue weighted by molar-refractivity contribution is 7.99. The summed E-state index contributed by atoms with van der Waals surface area (Å²) in [4.78, 5) is 16.0. The van der Waals surface area contributed by atoms with Gasteiger partial charge in [0.2, 0.25) is 0 Å². The minimum atomic E-state index is -0.00161. The van der Waals surface area contributed by atoms with Crippen LogP contribution in [0, 0.1) is 6.92 Å². The molecule has 0 spiro atoms. The Morgan fingerprint density at radius 1 is 1.38 bits per heavy atom. The van der Waals surface area contributed by atoms with Gasteiger partial charge in [0.1, 0.15) is 0 Å². The van der Waals surface area contributed by atoms with Gasteiger partial charge < -0.3 is 14.7 Å². The van der Waals surface area contributed by atoms with Gasteiger partial charge in [-0.1, -0.05) is 23.4 Å². The first kappa shape index (κ1) is 15.6. The van der Waals surface area contributed by atoms with Crippen molar-refractivity contribution < 1.29 is 9.32 Å². The number of nitrogens with one attached hydrogen (secondary N) is 1. The number of rotatable bonds is 2. The Labute approximate surface area is 145 Å². The second-order valence-corrected chi connectivity index (χ2v) is 7.54. The van der Waals surface area contributed by atoms with Gasteiger partial charge in [0, 0.05) is 23.3 Å². The molecule has 126 valence electrons. The molecular formula is C18H21N3O2S. The molecule has 2 atom stereocenters. The monoisotopic (exact) mass is 343 g/mol. The van der Waals surface area contributed by atoms with Crippen molar-refractivity contribution in [1.29, 1.82) is 0 Å². The topological polar surface area (TPSA) is 58.4 Å². The third-order valence-electron chi connectivity index (χ3n) is 4.74. The highest BCUT2D eigenvalue weighted by atomic mass is 32.2. The first-order valence-electron chi connectivity index (χ1n) is 8.44. The van der Waals surface area contributed by atoms with Crippen LogP contribution in [0.5, 0.6) is 0 Å². The third kappa shape index (κ3) is 2.90. The normalized spacial score (nSPS) is 23.1. The second-order valence-electron chi connectivity index (χ2n) is 6.40. The number of carbonyl (C=O) groups is 1. The number of hydrogen-bond donors (Lipinski definition) is 1. The van der Waals surface area contributed by atoms with E-state index in [2.05, 4.69) is 28.7 Å². The molecule has 2 aliphatic heterocycles. The lowest BCUT2D eigenvalue weighted by molar-refractivity contribution is 0.178. The largest absolute Gasteiger partial charge is 0.359 e. The summed E-state index contributed by atoms with van der Waals surface area (Å²) in [7, 11) is 0. The van der Waals surface area contributed by atoms with Gasteiger partial charge in [-0.2, -0.15) is 0 Å². The van der Waals surface area contributed by atoms with Crippen LogP contribution in [0.2, 0.25) is 0 Å². The van der Waals surface area contributed by atoms with Gasteiger partial charge in [0.25, 0.3) is 0 Å². The fourth-order valence-electron chi connectivity index (χ4n) is 3.57. The molecule has 6 heteroatoms. The third-order valence-corrected chi connectivity index (χ3v) is 5.87. The summed E-state index contributed by atoms with van der Waals surface area (Å²) in [6.07, 6.45) is 2.89. The number of thioether (sulfide) groups is 1. The first-order chi connectivity index (χ1) is 11.7. The van der Waals surface area contributed by atoms with Gasteiger partial charge in [-0.25, -0.2) is 4.79 Å². The molecule has 5 nitrogen and oxygen atoms in total. The molecule has 4 rings (SSSR count). The summed E-state index contributed by atoms with van der Waals surface area (Å²) >= 11 is 1.86. The summed E-state index contributed by atoms with van der Waals surface area (Å²) in [5.74, 6) is 1.83. The molecule has 0 unspecified atom stereocenters. The van der Waals surface area contributed by atoms with Crippen LogP contribution >= 0.6 is 11.8 Å². The van der Waals surface area contributed by atoms with Gasteiger partial charge >= 0.3 is 6.03 Å². The van der Waals surface area contributed by atoms with Crippen LogP contribution < -0.4 is 5.32 Å². The Morgan fingerprint density at radius 2 is 2.25 bits per heavy atom. The molecule has 1 saturated heterocycles. The molecular weight excluding hydrogens is 322 g/mol. The number of aryl methyl sites for hydroxylation is 1. The Balaban J connectivity index is 1.50. The van der Waals surface area contributed by atoms with Gasteiger partial charge in [-0.3, -0.25) is 0 Å². The highest BCUT2D eigenvalue weighted by Crippen LogP contribution is 2.37. The van der Waals surface area contributed by atoms with Crippen molar-refractivity contribution in [2.75, 3.05) is 12.3 Å². The number of amides is 2. The Bertz CT molecular complexity index is 745. The van der Waals surface area contributed by atoms with E-state index in [1.165, 1.54) is 10.5 Å². The van der Waals surface area contributed by atoms with Crippen molar-refractivity contribution in [3.8, 4) is 0 Å². The van der Waals surface area contributed by atoms with Crippen LogP contribution in [-0.2, 0) is 0 Å². The van der Waals surface area contributed by atoms with E-state index in [4.69, 9.17) is 4.52 Å². The van der Waals surface area contributed by atoms with Crippen molar-refractivity contribution in [3.63, 3.8) is 0 Å². The average Bonchev–Trinajstić information content (AvgIpc) is 3.24. The van der Waals surface area contributed by atoms with Gasteiger partial charge in [-0.05, 0) is 37.8 Å². The zero-order chi connectivity index (χ0) is 16.5. The fourth-order valence-corrected chi connectivity index (χ4v) is 4.70. The van der Waals surface area contributed by atoms with Crippen LogP contribution in [0.1, 0.15) is 48.4 Å². The smallest absolute Gasteiger partial charge is 0.318 e. The lowest BCUT2D eigenvalue weighted by Crippen LogP contribution is -2.41. The number of hydrogen-bond acceptors (Lipinski definition) is 4. The van der Waals surface area contributed by atoms with Crippen LogP contribution in [0.4, 0.5) is 4.79 Å². The van der Waals surface area contributed by atoms with Crippen molar-refractivity contribution in [1.82, 2.24) is 15.4 Å². The number of carbonyl (C=O) groups excluding carboxylic acids is 1. The molecule has 0 bridgehead atoms. The van der Waals surface area contributed by atoms with E-state index in [0.29, 0.717) is 0 Å². The van der Waals surface area contributed by atoms with Crippen LogP contribution in [0.15, 0.2) is 39.8 Å². The minimum absolute atomic E-state index is 0.000547. The number of fused-ring (bicyclic) bond motifs is 1. The van der Waals surface area contributed by atoms with E-state index in [1.54, 1.807) is 0 Å². The number of urea groups is 1. The molecule has 2 aliphatic rings. The highest BCUT2D eigenvalue weighted by Gasteiger charge is 2.34. The Kier molecular flexibility index (Phi) is 4.22. The predicted molar refractivity (Wildman–Crippen MR) is 93.0 cm³/mol. The van der Waals surface area contributed by atoms with Crippen LogP contribution in [0.3, 0.4) is 0 Å². The molecule has 1 aromatic carbocycles. The Hall–Kier alpha value is -1.95. The molecule has 3 heterocycles. The van der Waals surface area contributed by atoms with Gasteiger partial charge in [0.15, 0.2) is 5.76 Å². The van der Waals surface area contributed by atoms with Crippen molar-refractivity contribution in [3.05, 3.63) is 47.3 Å². The number of nitrogens with zero attached hydrogens (tertiary/aromatic N) is 2. The SMILES string of the molecule is Cc1cc([C@@H]2CCCN2C(=O)N[C@@H]2CCSc3ccccc32)on1. The van der Waals surface area contributed by atoms with Gasteiger partial charge in [-0.15, -0.1) is 11.8 Å². The minimum Gasteiger partial charge on any atom is -0.359 e. The number of likely N-dealkylation sites (tertiary alicyclic amines) is 1. The number of benzene rings is 1. The zero-order valence-corrected chi connectivity index (χ0v) is 14.5. The summed E-state index contributed by atoms with van der Waals surface area (Å²) in [6, 6.07) is 10.4. The van der Waals surface area contributed by atoms with Crippen molar-refractivity contribution in [2.45, 2.75) is 43.2 Å². The first-order valence-corrected chi connectivity index (χ1v) is 9.43. The second kappa shape index (κ2) is 6.51. The molecule has 1 fully saturated rings. The lowest BCUT2D eigenvalue weighted by atomic mass is 10.0. The predicted octanol–water partition coefficient (Wildman–Crippen LogP) is 4.07. The molecule has 1 N–H and O–H groups in total. The summed E-state index contributed by atoms with van der Waals surface area (Å²) in [5.41, 5.74) is 2.09. The van der Waals surface area contributed by atoms with Crippen molar-refractivity contribution >= 4 is 17.8 Å². The van der Waals surface area contributed by atoms with E-state index >= 15 is 0 Å². The quantitative estimate of drug-likeness (QED) is 0.893. The molecule has 0 radical (unpaired) electrons. The maximum atomic E-state index is 12.9. The molecule has 2 amide bonds. The molecule has 24 heavy (non-hydrogen) atoms. The van der Waals surface area contributed by atoms with Crippen LogP contribution in [0.25, 0.3) is 0 Å². The standard InChI is InChI=1S/C18H21N3O2S/c1-12-11-16(23-20-12)15-6-4-9-21(15)18(22)19-14-8-10-24-17-7-3-2-5-13(14)17/h2-3,5,7,11,14-15H,4,6,8-10H2,1H3,(H,19,22)/t14-,15+/m1/s1. The molecule has 2 aromatic rings. The van der Waals surface area contributed by atoms with E-state index in [9.17, 15) is 4.79 Å². The molecule has 0 saturated carbocycles. The van der Waals surface area contributed by atoms with E-state index in [1.807, 2.05) is 35.7 Å². The lowest BCUT2D eigenvalue weighted by Gasteiger charge is -2.30. The maximum absolute atomic E-state index is 12.9. The Morgan fingerprint density at radius 3 is 3.08 bits per heavy atom. The average molecular weight is 343 g/mol. The van der Waals surface area contributed by atoms with Gasteiger partial charge in [0.05, 0.1) is 17.8 Å². The van der Waals surface area contributed by atoms with E-state index < -0.39 is 0 Å². The molecule has 0 aliphatic carbocycles. The zero-order valence-electron chi connectivity index (χ0n) is 13.7. The van der Waals surface area contributed by atoms with E-state index in [0.717, 1.165) is 43.0 Å². The number of aromatic nitrogens is 1.